The van der Waals surface area contributed by atoms with Crippen molar-refractivity contribution < 1.29 is 9.53 Å². The second kappa shape index (κ2) is 6.84. The topological polar surface area (TPSA) is 99.9 Å². The number of fused-ring (bicyclic) bond motifs is 2. The number of hydrogen-bond donors (Lipinski definition) is 3. The first kappa shape index (κ1) is 16.1. The zero-order valence-corrected chi connectivity index (χ0v) is 13.9. The summed E-state index contributed by atoms with van der Waals surface area (Å²) in [7, 11) is 0. The summed E-state index contributed by atoms with van der Waals surface area (Å²) in [6, 6.07) is 9.49. The number of ether oxygens (including phenoxy) is 1. The van der Waals surface area contributed by atoms with Crippen LogP contribution in [0.15, 0.2) is 35.1 Å². The van der Waals surface area contributed by atoms with Gasteiger partial charge >= 0.3 is 5.69 Å². The van der Waals surface area contributed by atoms with Crippen molar-refractivity contribution in [3.8, 4) is 0 Å². The molecule has 3 N–H and O–H groups in total. The fourth-order valence-corrected chi connectivity index (χ4v) is 3.88. The van der Waals surface area contributed by atoms with Crippen molar-refractivity contribution in [2.45, 2.75) is 50.4 Å². The van der Waals surface area contributed by atoms with Crippen LogP contribution in [0.5, 0.6) is 0 Å². The van der Waals surface area contributed by atoms with Gasteiger partial charge < -0.3 is 10.1 Å². The molecule has 3 heterocycles. The maximum Gasteiger partial charge on any atom is 0.340 e. The highest BCUT2D eigenvalue weighted by Crippen LogP contribution is 2.36. The third-order valence-corrected chi connectivity index (χ3v) is 5.11. The molecule has 1 aromatic heterocycles. The van der Waals surface area contributed by atoms with Gasteiger partial charge in [0.05, 0.1) is 18.2 Å². The number of carbonyl (C=O) groups excluding carboxylic acids is 1. The molecule has 0 spiro atoms. The second-order valence-electron chi connectivity index (χ2n) is 6.94. The van der Waals surface area contributed by atoms with Gasteiger partial charge in [0.15, 0.2) is 5.82 Å². The molecule has 25 heavy (non-hydrogen) atoms. The molecule has 2 aliphatic rings. The fourth-order valence-electron chi connectivity index (χ4n) is 3.88. The van der Waals surface area contributed by atoms with Crippen LogP contribution in [0.2, 0.25) is 0 Å². The summed E-state index contributed by atoms with van der Waals surface area (Å²) in [5.41, 5.74) is 0.704. The molecule has 0 saturated carbocycles. The third-order valence-electron chi connectivity index (χ3n) is 5.11. The summed E-state index contributed by atoms with van der Waals surface area (Å²) >= 11 is 0. The van der Waals surface area contributed by atoms with E-state index in [0.29, 0.717) is 12.2 Å². The van der Waals surface area contributed by atoms with Crippen LogP contribution >= 0.6 is 0 Å². The molecule has 2 fully saturated rings. The molecule has 2 bridgehead atoms. The van der Waals surface area contributed by atoms with E-state index in [-0.39, 0.29) is 35.8 Å². The highest BCUT2D eigenvalue weighted by Gasteiger charge is 2.38. The van der Waals surface area contributed by atoms with Gasteiger partial charge in [-0.25, -0.2) is 9.89 Å². The monoisotopic (exact) mass is 342 g/mol. The molecule has 7 nitrogen and oxygen atoms in total. The van der Waals surface area contributed by atoms with Gasteiger partial charge in [0.2, 0.25) is 5.91 Å². The Morgan fingerprint density at radius 2 is 1.96 bits per heavy atom. The number of H-pyrrole nitrogens is 2. The van der Waals surface area contributed by atoms with Crippen molar-refractivity contribution in [3.05, 3.63) is 52.2 Å². The zero-order chi connectivity index (χ0) is 17.2. The molecule has 0 aliphatic carbocycles. The van der Waals surface area contributed by atoms with E-state index in [1.165, 1.54) is 0 Å². The minimum atomic E-state index is -0.369. The van der Waals surface area contributed by atoms with Crippen LogP contribution in [0.3, 0.4) is 0 Å². The summed E-state index contributed by atoms with van der Waals surface area (Å²) in [5.74, 6) is 0.442. The van der Waals surface area contributed by atoms with Crippen molar-refractivity contribution in [1.29, 1.82) is 0 Å². The normalized spacial score (nSPS) is 26.3. The maximum atomic E-state index is 12.8. The Labute approximate surface area is 145 Å². The van der Waals surface area contributed by atoms with Crippen LogP contribution < -0.4 is 11.0 Å². The number of benzene rings is 1. The minimum Gasteiger partial charge on any atom is -0.375 e. The lowest BCUT2D eigenvalue weighted by molar-refractivity contribution is -0.131. The van der Waals surface area contributed by atoms with Crippen LogP contribution in [0.4, 0.5) is 0 Å². The lowest BCUT2D eigenvalue weighted by Gasteiger charge is -2.28. The molecular formula is C18H22N4O3. The average Bonchev–Trinajstić information content (AvgIpc) is 3.20. The van der Waals surface area contributed by atoms with Crippen LogP contribution in [-0.4, -0.2) is 33.3 Å². The van der Waals surface area contributed by atoms with Gasteiger partial charge in [0, 0.05) is 5.92 Å². The van der Waals surface area contributed by atoms with E-state index in [1.54, 1.807) is 0 Å². The molecule has 2 aromatic rings. The first-order valence-corrected chi connectivity index (χ1v) is 8.81. The van der Waals surface area contributed by atoms with Gasteiger partial charge in [-0.15, -0.1) is 0 Å². The minimum absolute atomic E-state index is 0.0185. The van der Waals surface area contributed by atoms with Gasteiger partial charge in [0.25, 0.3) is 0 Å². The van der Waals surface area contributed by atoms with Gasteiger partial charge in [0.1, 0.15) is 0 Å². The van der Waals surface area contributed by atoms with Crippen LogP contribution in [0.1, 0.15) is 43.1 Å². The van der Waals surface area contributed by atoms with E-state index in [4.69, 9.17) is 4.74 Å². The number of nitrogens with zero attached hydrogens (tertiary/aromatic N) is 1. The first-order chi connectivity index (χ1) is 12.2. The SMILES string of the molecule is O=C(NC(Cc1ccccc1)c1n[nH]c(=O)[nH]1)C1C[C@H]2CC[C@@H](C1)O2. The number of aromatic amines is 2. The van der Waals surface area contributed by atoms with Crippen molar-refractivity contribution in [1.82, 2.24) is 20.5 Å². The number of nitrogens with one attached hydrogen (secondary N) is 3. The molecule has 2 unspecified atom stereocenters. The van der Waals surface area contributed by atoms with Gasteiger partial charge in [-0.05, 0) is 37.7 Å². The Morgan fingerprint density at radius 3 is 2.60 bits per heavy atom. The van der Waals surface area contributed by atoms with Crippen molar-refractivity contribution in [2.75, 3.05) is 0 Å². The van der Waals surface area contributed by atoms with Crippen molar-refractivity contribution in [2.24, 2.45) is 5.92 Å². The number of amides is 1. The zero-order valence-electron chi connectivity index (χ0n) is 13.9. The first-order valence-electron chi connectivity index (χ1n) is 8.81. The van der Waals surface area contributed by atoms with E-state index in [2.05, 4.69) is 20.5 Å². The summed E-state index contributed by atoms with van der Waals surface area (Å²) in [5, 5.41) is 9.49. The van der Waals surface area contributed by atoms with Crippen molar-refractivity contribution in [3.63, 3.8) is 0 Å². The molecule has 2 saturated heterocycles. The molecule has 1 amide bonds. The Balaban J connectivity index is 1.49. The van der Waals surface area contributed by atoms with Crippen molar-refractivity contribution >= 4 is 5.91 Å². The van der Waals surface area contributed by atoms with Gasteiger partial charge in [-0.1, -0.05) is 30.3 Å². The lowest BCUT2D eigenvalue weighted by atomic mass is 9.94. The number of hydrogen-bond acceptors (Lipinski definition) is 4. The molecule has 4 atom stereocenters. The molecule has 4 rings (SSSR count). The smallest absolute Gasteiger partial charge is 0.340 e. The Hall–Kier alpha value is -2.41. The van der Waals surface area contributed by atoms with Crippen LogP contribution in [0.25, 0.3) is 0 Å². The summed E-state index contributed by atoms with van der Waals surface area (Å²) in [4.78, 5) is 26.9. The predicted molar refractivity (Wildman–Crippen MR) is 90.9 cm³/mol. The largest absolute Gasteiger partial charge is 0.375 e. The number of carbonyl (C=O) groups is 1. The lowest BCUT2D eigenvalue weighted by Crippen LogP contribution is -2.40. The quantitative estimate of drug-likeness (QED) is 0.766. The molecule has 2 aliphatic heterocycles. The summed E-state index contributed by atoms with van der Waals surface area (Å²) in [6.07, 6.45) is 4.65. The summed E-state index contributed by atoms with van der Waals surface area (Å²) < 4.78 is 5.82. The van der Waals surface area contributed by atoms with E-state index in [0.717, 1.165) is 31.2 Å². The van der Waals surface area contributed by atoms with E-state index in [9.17, 15) is 9.59 Å². The summed E-state index contributed by atoms with van der Waals surface area (Å²) in [6.45, 7) is 0. The van der Waals surface area contributed by atoms with Crippen LogP contribution in [0, 0.1) is 5.92 Å². The molecule has 1 aromatic carbocycles. The predicted octanol–water partition coefficient (Wildman–Crippen LogP) is 1.46. The molecule has 7 heteroatoms. The standard InChI is InChI=1S/C18H22N4O3/c23-17(12-9-13-6-7-14(10-12)25-13)19-15(16-20-18(24)22-21-16)8-11-4-2-1-3-5-11/h1-5,12-15H,6-10H2,(H,19,23)(H2,20,21,22,24)/t12?,13-,14+,15?. The Kier molecular flexibility index (Phi) is 4.40. The molecular weight excluding hydrogens is 320 g/mol. The maximum absolute atomic E-state index is 12.8. The van der Waals surface area contributed by atoms with E-state index >= 15 is 0 Å². The highest BCUT2D eigenvalue weighted by atomic mass is 16.5. The van der Waals surface area contributed by atoms with Gasteiger partial charge in [-0.3, -0.25) is 9.78 Å². The molecule has 132 valence electrons. The Morgan fingerprint density at radius 1 is 1.24 bits per heavy atom. The Bertz CT molecular complexity index is 773. The van der Waals surface area contributed by atoms with Gasteiger partial charge in [-0.2, -0.15) is 5.10 Å². The second-order valence-corrected chi connectivity index (χ2v) is 6.94. The molecule has 0 radical (unpaired) electrons. The van der Waals surface area contributed by atoms with E-state index in [1.807, 2.05) is 30.3 Å². The highest BCUT2D eigenvalue weighted by molar-refractivity contribution is 5.79. The van der Waals surface area contributed by atoms with E-state index < -0.39 is 0 Å². The van der Waals surface area contributed by atoms with Crippen LogP contribution in [-0.2, 0) is 16.0 Å². The fraction of sp³-hybridized carbons (Fsp3) is 0.500. The average molecular weight is 342 g/mol. The third kappa shape index (κ3) is 3.66. The number of rotatable bonds is 5. The number of aromatic nitrogens is 3.